The van der Waals surface area contributed by atoms with Crippen molar-refractivity contribution in [1.82, 2.24) is 0 Å². The summed E-state index contributed by atoms with van der Waals surface area (Å²) >= 11 is 0. The molecule has 7 heteroatoms. The van der Waals surface area contributed by atoms with E-state index in [1.165, 1.54) is 103 Å². The van der Waals surface area contributed by atoms with Gasteiger partial charge in [-0.3, -0.25) is 4.57 Å². The van der Waals surface area contributed by atoms with Crippen molar-refractivity contribution in [3.63, 3.8) is 0 Å². The highest BCUT2D eigenvalue weighted by molar-refractivity contribution is 7.52. The van der Waals surface area contributed by atoms with Crippen LogP contribution >= 0.6 is 7.60 Å². The third-order valence-corrected chi connectivity index (χ3v) is 7.95. The van der Waals surface area contributed by atoms with Crippen LogP contribution in [-0.2, 0) is 18.6 Å². The molecule has 0 aromatic rings. The van der Waals surface area contributed by atoms with Crippen LogP contribution in [0.15, 0.2) is 0 Å². The summed E-state index contributed by atoms with van der Waals surface area (Å²) in [6.07, 6.45) is 21.9. The van der Waals surface area contributed by atoms with Crippen LogP contribution in [0.25, 0.3) is 0 Å². The van der Waals surface area contributed by atoms with Crippen LogP contribution in [0, 0.1) is 5.92 Å². The zero-order chi connectivity index (χ0) is 27.1. The minimum atomic E-state index is -3.65. The molecule has 0 aliphatic carbocycles. The summed E-state index contributed by atoms with van der Waals surface area (Å²) in [7, 11) is 2.28. The quantitative estimate of drug-likeness (QED) is 0.0662. The first kappa shape index (κ1) is 35.7. The third-order valence-electron chi connectivity index (χ3n) is 6.64. The molecule has 6 nitrogen and oxygen atoms in total. The maximum absolute atomic E-state index is 12.3. The van der Waals surface area contributed by atoms with E-state index in [4.69, 9.17) is 9.26 Å². The number of Topliss-reactive ketones (excluding diaryl/α,β-unsaturated/α-hetero) is 1. The Labute approximate surface area is 224 Å². The molecule has 36 heavy (non-hydrogen) atoms. The van der Waals surface area contributed by atoms with Gasteiger partial charge in [-0.05, 0) is 13.3 Å². The Balaban J connectivity index is 3.69. The van der Waals surface area contributed by atoms with Gasteiger partial charge in [-0.15, -0.1) is 0 Å². The van der Waals surface area contributed by atoms with E-state index < -0.39 is 7.60 Å². The predicted molar refractivity (Wildman–Crippen MR) is 153 cm³/mol. The van der Waals surface area contributed by atoms with Gasteiger partial charge in [0, 0.05) is 18.9 Å². The van der Waals surface area contributed by atoms with E-state index in [1.54, 1.807) is 0 Å². The number of rotatable bonds is 27. The van der Waals surface area contributed by atoms with Crippen molar-refractivity contribution < 1.29 is 28.0 Å². The lowest BCUT2D eigenvalue weighted by Gasteiger charge is -2.25. The molecule has 0 aliphatic heterocycles. The fourth-order valence-corrected chi connectivity index (χ4v) is 5.71. The van der Waals surface area contributed by atoms with Crippen molar-refractivity contribution in [2.45, 2.75) is 123 Å². The van der Waals surface area contributed by atoms with E-state index in [0.717, 1.165) is 6.42 Å². The first-order valence-electron chi connectivity index (χ1n) is 14.9. The van der Waals surface area contributed by atoms with Gasteiger partial charge >= 0.3 is 7.60 Å². The Morgan fingerprint density at radius 1 is 0.778 bits per heavy atom. The van der Waals surface area contributed by atoms with Crippen molar-refractivity contribution in [3.8, 4) is 0 Å². The first-order valence-corrected chi connectivity index (χ1v) is 16.7. The predicted octanol–water partition coefficient (Wildman–Crippen LogP) is 7.77. The first-order chi connectivity index (χ1) is 17.1. The molecule has 0 saturated heterocycles. The number of ketones is 1. The molecular formula is C29H61NO5P+. The number of hydrogen-bond donors (Lipinski definition) is 1. The molecule has 0 radical (unpaired) electrons. The molecule has 2 atom stereocenters. The van der Waals surface area contributed by atoms with E-state index >= 15 is 0 Å². The summed E-state index contributed by atoms with van der Waals surface area (Å²) in [6, 6.07) is 0. The zero-order valence-corrected chi connectivity index (χ0v) is 25.5. The van der Waals surface area contributed by atoms with Crippen LogP contribution in [0.2, 0.25) is 0 Å². The maximum atomic E-state index is 12.3. The normalized spacial score (nSPS) is 14.6. The molecule has 0 amide bonds. The Hall–Kier alpha value is -0.260. The lowest BCUT2D eigenvalue weighted by atomic mass is 10.0. The highest BCUT2D eigenvalue weighted by atomic mass is 31.2. The number of nitrogens with zero attached hydrogens (tertiary/aromatic N) is 1. The van der Waals surface area contributed by atoms with Gasteiger partial charge in [0.05, 0.1) is 47.1 Å². The number of quaternary nitrogens is 1. The van der Waals surface area contributed by atoms with E-state index in [-0.39, 0.29) is 24.5 Å². The average molecular weight is 535 g/mol. The second-order valence-electron chi connectivity index (χ2n) is 11.8. The number of hydrogen-bond acceptors (Lipinski definition) is 4. The molecule has 0 spiro atoms. The van der Waals surface area contributed by atoms with Crippen LogP contribution in [0.4, 0.5) is 0 Å². The van der Waals surface area contributed by atoms with Crippen LogP contribution in [0.5, 0.6) is 0 Å². The highest BCUT2D eigenvalue weighted by Crippen LogP contribution is 2.42. The van der Waals surface area contributed by atoms with Gasteiger partial charge in [0.1, 0.15) is 5.78 Å². The average Bonchev–Trinajstić information content (AvgIpc) is 2.79. The van der Waals surface area contributed by atoms with Gasteiger partial charge in [0.2, 0.25) is 0 Å². The Bertz CT molecular complexity index is 564. The number of ether oxygens (including phenoxy) is 1. The molecule has 0 aromatic heterocycles. The molecule has 0 fully saturated rings. The Morgan fingerprint density at radius 2 is 1.22 bits per heavy atom. The second-order valence-corrected chi connectivity index (χ2v) is 13.8. The largest absolute Gasteiger partial charge is 0.381 e. The molecule has 0 aliphatic rings. The van der Waals surface area contributed by atoms with Crippen molar-refractivity contribution >= 4 is 13.4 Å². The van der Waals surface area contributed by atoms with E-state index in [0.29, 0.717) is 30.7 Å². The topological polar surface area (TPSA) is 72.8 Å². The molecule has 0 bridgehead atoms. The smallest absolute Gasteiger partial charge is 0.333 e. The number of carbonyl (C=O) groups excluding carboxylic acids is 1. The van der Waals surface area contributed by atoms with Crippen LogP contribution in [0.3, 0.4) is 0 Å². The summed E-state index contributed by atoms with van der Waals surface area (Å²) in [5.74, 6) is -0.123. The number of unbranched alkanes of at least 4 members (excludes halogenated alkanes) is 15. The van der Waals surface area contributed by atoms with Gasteiger partial charge in [-0.25, -0.2) is 0 Å². The van der Waals surface area contributed by atoms with Gasteiger partial charge in [-0.1, -0.05) is 103 Å². The SMILES string of the molecule is CCCCCCCCCCCCCCCCCCOCC(COP(=O)(O)CC[N+](C)(C)C)CC(C)=O. The second kappa shape index (κ2) is 22.7. The Morgan fingerprint density at radius 3 is 1.64 bits per heavy atom. The monoisotopic (exact) mass is 534 g/mol. The third kappa shape index (κ3) is 26.8. The van der Waals surface area contributed by atoms with E-state index in [1.807, 2.05) is 21.1 Å². The van der Waals surface area contributed by atoms with Gasteiger partial charge < -0.3 is 23.4 Å². The summed E-state index contributed by atoms with van der Waals surface area (Å²) in [5.41, 5.74) is 0. The molecule has 2 unspecified atom stereocenters. The van der Waals surface area contributed by atoms with E-state index in [9.17, 15) is 14.3 Å². The maximum Gasteiger partial charge on any atom is 0.333 e. The Kier molecular flexibility index (Phi) is 22.5. The summed E-state index contributed by atoms with van der Waals surface area (Å²) in [6.45, 7) is 5.53. The van der Waals surface area contributed by atoms with Crippen LogP contribution in [-0.4, -0.2) is 68.8 Å². The molecule has 1 N–H and O–H groups in total. The molecule has 0 rings (SSSR count). The molecule has 0 heterocycles. The minimum absolute atomic E-state index is 0.0498. The van der Waals surface area contributed by atoms with Gasteiger partial charge in [0.25, 0.3) is 0 Å². The lowest BCUT2D eigenvalue weighted by molar-refractivity contribution is -0.867. The van der Waals surface area contributed by atoms with Gasteiger partial charge in [0.15, 0.2) is 0 Å². The van der Waals surface area contributed by atoms with E-state index in [2.05, 4.69) is 6.92 Å². The van der Waals surface area contributed by atoms with Crippen LogP contribution in [0.1, 0.15) is 123 Å². The van der Waals surface area contributed by atoms with Crippen molar-refractivity contribution in [2.24, 2.45) is 5.92 Å². The molecular weight excluding hydrogens is 473 g/mol. The molecule has 0 aromatic carbocycles. The van der Waals surface area contributed by atoms with Crippen molar-refractivity contribution in [3.05, 3.63) is 0 Å². The summed E-state index contributed by atoms with van der Waals surface area (Å²) in [5, 5.41) is 0. The zero-order valence-electron chi connectivity index (χ0n) is 24.6. The van der Waals surface area contributed by atoms with Crippen molar-refractivity contribution in [1.29, 1.82) is 0 Å². The molecule has 216 valence electrons. The van der Waals surface area contributed by atoms with Crippen LogP contribution < -0.4 is 0 Å². The lowest BCUT2D eigenvalue weighted by Crippen LogP contribution is -2.37. The number of carbonyl (C=O) groups is 1. The molecule has 0 saturated carbocycles. The minimum Gasteiger partial charge on any atom is -0.381 e. The summed E-state index contributed by atoms with van der Waals surface area (Å²) in [4.78, 5) is 21.7. The fraction of sp³-hybridized carbons (Fsp3) is 0.966. The summed E-state index contributed by atoms with van der Waals surface area (Å²) < 4.78 is 24.0. The standard InChI is InChI=1S/C29H60NO5P/c1-6-7-8-9-10-11-12-13-14-15-16-17-18-19-20-21-23-34-26-29(25-28(2)31)27-35-36(32,33)24-22-30(3,4)5/h29H,6-27H2,1-5H3/p+1. The fourth-order valence-electron chi connectivity index (χ4n) is 4.29. The van der Waals surface area contributed by atoms with Crippen molar-refractivity contribution in [2.75, 3.05) is 53.7 Å². The van der Waals surface area contributed by atoms with Gasteiger partial charge in [-0.2, -0.15) is 0 Å². The highest BCUT2D eigenvalue weighted by Gasteiger charge is 2.25.